The lowest BCUT2D eigenvalue weighted by atomic mass is 9.98. The number of carbonyl (C=O) groups excluding carboxylic acids is 1. The molecule has 0 radical (unpaired) electrons. The number of anilines is 1. The molecule has 0 unspecified atom stereocenters. The van der Waals surface area contributed by atoms with Crippen molar-refractivity contribution in [3.05, 3.63) is 82.6 Å². The third kappa shape index (κ3) is 5.91. The van der Waals surface area contributed by atoms with E-state index >= 15 is 0 Å². The molecule has 0 spiro atoms. The Morgan fingerprint density at radius 2 is 1.61 bits per heavy atom. The van der Waals surface area contributed by atoms with E-state index in [1.807, 2.05) is 0 Å². The van der Waals surface area contributed by atoms with Gasteiger partial charge in [0.2, 0.25) is 5.91 Å². The number of benzene rings is 3. The SMILES string of the molecule is CCS(=O)(=O)c1ccc(CC(=O)Nc2ccc(-c3ccc(F)cc3C(F)(F)F)c(Cl)c2)cc1. The number of nitrogens with one attached hydrogen (secondary N) is 1. The van der Waals surface area contributed by atoms with Crippen molar-refractivity contribution in [2.24, 2.45) is 0 Å². The lowest BCUT2D eigenvalue weighted by Crippen LogP contribution is -2.14. The monoisotopic (exact) mass is 499 g/mol. The van der Waals surface area contributed by atoms with Crippen molar-refractivity contribution < 1.29 is 30.8 Å². The molecule has 0 aromatic heterocycles. The minimum atomic E-state index is -4.78. The highest BCUT2D eigenvalue weighted by Crippen LogP contribution is 2.40. The highest BCUT2D eigenvalue weighted by Gasteiger charge is 2.34. The van der Waals surface area contributed by atoms with E-state index in [2.05, 4.69) is 5.32 Å². The van der Waals surface area contributed by atoms with Crippen LogP contribution >= 0.6 is 11.6 Å². The molecule has 0 bridgehead atoms. The van der Waals surface area contributed by atoms with Crippen LogP contribution in [0.25, 0.3) is 11.1 Å². The molecule has 1 amide bonds. The lowest BCUT2D eigenvalue weighted by molar-refractivity contribution is -0.137. The van der Waals surface area contributed by atoms with Gasteiger partial charge in [0.15, 0.2) is 9.84 Å². The molecular weight excluding hydrogens is 482 g/mol. The molecule has 1 N–H and O–H groups in total. The number of rotatable bonds is 6. The van der Waals surface area contributed by atoms with Crippen LogP contribution in [0.3, 0.4) is 0 Å². The zero-order chi connectivity index (χ0) is 24.4. The highest BCUT2D eigenvalue weighted by molar-refractivity contribution is 7.91. The average molecular weight is 500 g/mol. The van der Waals surface area contributed by atoms with E-state index in [1.54, 1.807) is 0 Å². The lowest BCUT2D eigenvalue weighted by Gasteiger charge is -2.15. The highest BCUT2D eigenvalue weighted by atomic mass is 35.5. The quantitative estimate of drug-likeness (QED) is 0.414. The predicted octanol–water partition coefficient (Wildman–Crippen LogP) is 6.14. The van der Waals surface area contributed by atoms with Crippen molar-refractivity contribution >= 4 is 33.0 Å². The standard InChI is InChI=1S/C23H18ClF4NO3S/c1-2-33(31,32)17-7-3-14(4-8-17)11-22(30)29-16-6-10-19(21(24)13-16)18-9-5-15(25)12-20(18)23(26,27)28/h3-10,12-13H,2,11H2,1H3,(H,29,30). The van der Waals surface area contributed by atoms with Crippen LogP contribution in [0.15, 0.2) is 65.6 Å². The molecule has 0 aliphatic heterocycles. The van der Waals surface area contributed by atoms with Gasteiger partial charge in [0, 0.05) is 11.3 Å². The Balaban J connectivity index is 1.77. The number of sulfone groups is 1. The summed E-state index contributed by atoms with van der Waals surface area (Å²) in [7, 11) is -3.34. The molecule has 3 rings (SSSR count). The molecule has 33 heavy (non-hydrogen) atoms. The maximum Gasteiger partial charge on any atom is 0.417 e. The molecular formula is C23H18ClF4NO3S. The van der Waals surface area contributed by atoms with E-state index in [1.165, 1.54) is 49.4 Å². The summed E-state index contributed by atoms with van der Waals surface area (Å²) in [5.41, 5.74) is -0.570. The van der Waals surface area contributed by atoms with Crippen LogP contribution in [-0.2, 0) is 27.2 Å². The van der Waals surface area contributed by atoms with Crippen molar-refractivity contribution in [1.29, 1.82) is 0 Å². The zero-order valence-electron chi connectivity index (χ0n) is 17.2. The van der Waals surface area contributed by atoms with Gasteiger partial charge in [-0.25, -0.2) is 12.8 Å². The number of halogens is 5. The average Bonchev–Trinajstić information content (AvgIpc) is 2.74. The van der Waals surface area contributed by atoms with Crippen LogP contribution in [0.5, 0.6) is 0 Å². The van der Waals surface area contributed by atoms with E-state index < -0.39 is 33.3 Å². The Morgan fingerprint density at radius 1 is 0.970 bits per heavy atom. The van der Waals surface area contributed by atoms with Gasteiger partial charge in [0.25, 0.3) is 0 Å². The summed E-state index contributed by atoms with van der Waals surface area (Å²) in [5, 5.41) is 2.54. The van der Waals surface area contributed by atoms with E-state index in [-0.39, 0.29) is 38.9 Å². The summed E-state index contributed by atoms with van der Waals surface area (Å²) in [5.74, 6) is -1.49. The summed E-state index contributed by atoms with van der Waals surface area (Å²) in [6, 6.07) is 12.2. The van der Waals surface area contributed by atoms with Crippen molar-refractivity contribution in [2.75, 3.05) is 11.1 Å². The minimum Gasteiger partial charge on any atom is -0.326 e. The van der Waals surface area contributed by atoms with E-state index in [9.17, 15) is 30.8 Å². The number of carbonyl (C=O) groups is 1. The van der Waals surface area contributed by atoms with Crippen molar-refractivity contribution in [3.8, 4) is 11.1 Å². The maximum atomic E-state index is 13.4. The molecule has 0 heterocycles. The van der Waals surface area contributed by atoms with Crippen LogP contribution < -0.4 is 5.32 Å². The van der Waals surface area contributed by atoms with E-state index in [0.29, 0.717) is 11.6 Å². The van der Waals surface area contributed by atoms with Crippen LogP contribution in [0.4, 0.5) is 23.2 Å². The molecule has 0 saturated carbocycles. The Hall–Kier alpha value is -2.91. The van der Waals surface area contributed by atoms with Crippen LogP contribution in [0.2, 0.25) is 5.02 Å². The molecule has 4 nitrogen and oxygen atoms in total. The van der Waals surface area contributed by atoms with Gasteiger partial charge in [-0.3, -0.25) is 4.79 Å². The topological polar surface area (TPSA) is 63.2 Å². The largest absolute Gasteiger partial charge is 0.417 e. The van der Waals surface area contributed by atoms with Gasteiger partial charge in [0.1, 0.15) is 5.82 Å². The first kappa shape index (κ1) is 24.7. The third-order valence-corrected chi connectivity index (χ3v) is 6.92. The van der Waals surface area contributed by atoms with Crippen LogP contribution in [-0.4, -0.2) is 20.1 Å². The van der Waals surface area contributed by atoms with Gasteiger partial charge in [0.05, 0.1) is 27.7 Å². The summed E-state index contributed by atoms with van der Waals surface area (Å²) in [6.07, 6.45) is -4.83. The molecule has 3 aromatic carbocycles. The second kappa shape index (κ2) is 9.52. The smallest absolute Gasteiger partial charge is 0.326 e. The molecule has 0 atom stereocenters. The second-order valence-electron chi connectivity index (χ2n) is 7.15. The number of amides is 1. The third-order valence-electron chi connectivity index (χ3n) is 4.86. The number of alkyl halides is 3. The first-order valence-corrected chi connectivity index (χ1v) is 11.7. The Morgan fingerprint density at radius 3 is 2.18 bits per heavy atom. The van der Waals surface area contributed by atoms with Gasteiger partial charge in [-0.05, 0) is 47.5 Å². The summed E-state index contributed by atoms with van der Waals surface area (Å²) in [4.78, 5) is 12.5. The fraction of sp³-hybridized carbons (Fsp3) is 0.174. The first-order valence-electron chi connectivity index (χ1n) is 9.69. The van der Waals surface area contributed by atoms with Crippen LogP contribution in [0, 0.1) is 5.82 Å². The Labute approximate surface area is 193 Å². The molecule has 0 fully saturated rings. The van der Waals surface area contributed by atoms with Crippen molar-refractivity contribution in [2.45, 2.75) is 24.4 Å². The van der Waals surface area contributed by atoms with Gasteiger partial charge in [-0.2, -0.15) is 13.2 Å². The van der Waals surface area contributed by atoms with Crippen molar-refractivity contribution in [1.82, 2.24) is 0 Å². The zero-order valence-corrected chi connectivity index (χ0v) is 18.8. The molecule has 0 aliphatic rings. The fourth-order valence-electron chi connectivity index (χ4n) is 3.17. The van der Waals surface area contributed by atoms with E-state index in [0.717, 1.165) is 12.1 Å². The maximum absolute atomic E-state index is 13.4. The first-order chi connectivity index (χ1) is 15.4. The van der Waals surface area contributed by atoms with Gasteiger partial charge in [-0.1, -0.05) is 42.8 Å². The molecule has 0 saturated heterocycles. The molecule has 0 aliphatic carbocycles. The second-order valence-corrected chi connectivity index (χ2v) is 9.84. The van der Waals surface area contributed by atoms with Crippen molar-refractivity contribution in [3.63, 3.8) is 0 Å². The predicted molar refractivity (Wildman–Crippen MR) is 118 cm³/mol. The Kier molecular flexibility index (Phi) is 7.14. The van der Waals surface area contributed by atoms with E-state index in [4.69, 9.17) is 11.6 Å². The van der Waals surface area contributed by atoms with Gasteiger partial charge >= 0.3 is 6.18 Å². The summed E-state index contributed by atoms with van der Waals surface area (Å²) < 4.78 is 77.0. The molecule has 10 heteroatoms. The number of hydrogen-bond donors (Lipinski definition) is 1. The van der Waals surface area contributed by atoms with Gasteiger partial charge in [-0.15, -0.1) is 0 Å². The Bertz CT molecular complexity index is 1290. The van der Waals surface area contributed by atoms with Gasteiger partial charge < -0.3 is 5.32 Å². The summed E-state index contributed by atoms with van der Waals surface area (Å²) in [6.45, 7) is 1.53. The summed E-state index contributed by atoms with van der Waals surface area (Å²) >= 11 is 6.17. The molecule has 174 valence electrons. The fourth-order valence-corrected chi connectivity index (χ4v) is 4.34. The number of hydrogen-bond acceptors (Lipinski definition) is 3. The normalized spacial score (nSPS) is 11.9. The van der Waals surface area contributed by atoms with Crippen LogP contribution in [0.1, 0.15) is 18.1 Å². The minimum absolute atomic E-state index is 0.0357. The molecule has 3 aromatic rings.